The van der Waals surface area contributed by atoms with Crippen molar-refractivity contribution in [1.82, 2.24) is 9.94 Å². The van der Waals surface area contributed by atoms with Gasteiger partial charge in [-0.15, -0.1) is 5.10 Å². The van der Waals surface area contributed by atoms with Crippen molar-refractivity contribution in [1.29, 1.82) is 0 Å². The van der Waals surface area contributed by atoms with E-state index in [-0.39, 0.29) is 6.07 Å². The zero-order valence-electron chi connectivity index (χ0n) is 9.08. The van der Waals surface area contributed by atoms with Gasteiger partial charge < -0.3 is 14.7 Å². The molecule has 20 heavy (non-hydrogen) atoms. The molecular weight excluding hydrogens is 302 g/mol. The highest BCUT2D eigenvalue weighted by Crippen LogP contribution is 2.34. The van der Waals surface area contributed by atoms with Crippen LogP contribution in [0.2, 0.25) is 0 Å². The molecule has 0 amide bonds. The molecular formula is C8H3F6N2O4-. The molecule has 0 saturated carbocycles. The Morgan fingerprint density at radius 1 is 1.20 bits per heavy atom. The fraction of sp³-hybridized carbons (Fsp3) is 0.375. The summed E-state index contributed by atoms with van der Waals surface area (Å²) in [4.78, 5) is 23.9. The number of carboxylic acid groups (broad SMARTS) is 1. The van der Waals surface area contributed by atoms with E-state index in [0.717, 1.165) is 0 Å². The summed E-state index contributed by atoms with van der Waals surface area (Å²) in [5.41, 5.74) is -3.97. The fourth-order valence-electron chi connectivity index (χ4n) is 1.01. The third kappa shape index (κ3) is 3.86. The van der Waals surface area contributed by atoms with E-state index < -0.39 is 46.9 Å². The Balaban J connectivity index is 3.14. The number of aliphatic carboxylic acids is 1. The maximum atomic E-state index is 12.4. The second-order valence-electron chi connectivity index (χ2n) is 3.30. The van der Waals surface area contributed by atoms with E-state index in [1.54, 1.807) is 0 Å². The highest BCUT2D eigenvalue weighted by atomic mass is 19.4. The minimum Gasteiger partial charge on any atom is -0.550 e. The Labute approximate surface area is 105 Å². The number of carbonyl (C=O) groups excluding carboxylic acids is 2. The summed E-state index contributed by atoms with van der Waals surface area (Å²) in [6.45, 7) is 0. The molecule has 1 aromatic heterocycles. The second kappa shape index (κ2) is 5.02. The van der Waals surface area contributed by atoms with Gasteiger partial charge in [0.15, 0.2) is 11.4 Å². The van der Waals surface area contributed by atoms with Crippen LogP contribution in [-0.4, -0.2) is 21.9 Å². The van der Waals surface area contributed by atoms with Crippen molar-refractivity contribution in [3.05, 3.63) is 17.5 Å². The zero-order chi connectivity index (χ0) is 15.7. The maximum Gasteiger partial charge on any atom is 0.436 e. The van der Waals surface area contributed by atoms with Gasteiger partial charge in [0.2, 0.25) is 0 Å². The molecule has 0 saturated heterocycles. The molecule has 6 nitrogen and oxygen atoms in total. The monoisotopic (exact) mass is 305 g/mol. The predicted octanol–water partition coefficient (Wildman–Crippen LogP) is 0.0159. The van der Waals surface area contributed by atoms with Crippen molar-refractivity contribution in [2.24, 2.45) is 0 Å². The number of rotatable bonds is 3. The lowest BCUT2D eigenvalue weighted by Gasteiger charge is -2.09. The van der Waals surface area contributed by atoms with Crippen LogP contribution in [-0.2, 0) is 21.9 Å². The summed E-state index contributed by atoms with van der Waals surface area (Å²) in [6, 6.07) is -0.383. The van der Waals surface area contributed by atoms with Gasteiger partial charge in [0.1, 0.15) is 0 Å². The summed E-state index contributed by atoms with van der Waals surface area (Å²) in [6.07, 6.45) is -11.9. The molecule has 0 fully saturated rings. The molecule has 112 valence electrons. The summed E-state index contributed by atoms with van der Waals surface area (Å²) < 4.78 is 73.9. The average Bonchev–Trinajstić information content (AvgIpc) is 2.58. The molecule has 0 aliphatic heterocycles. The zero-order valence-corrected chi connectivity index (χ0v) is 9.08. The van der Waals surface area contributed by atoms with E-state index >= 15 is 0 Å². The van der Waals surface area contributed by atoms with Crippen LogP contribution in [0.4, 0.5) is 26.3 Å². The van der Waals surface area contributed by atoms with Gasteiger partial charge in [0, 0.05) is 6.07 Å². The van der Waals surface area contributed by atoms with Crippen LogP contribution in [0, 0.1) is 0 Å². The Morgan fingerprint density at radius 2 is 1.75 bits per heavy atom. The average molecular weight is 305 g/mol. The van der Waals surface area contributed by atoms with E-state index in [1.165, 1.54) is 0 Å². The van der Waals surface area contributed by atoms with Crippen LogP contribution in [0.1, 0.15) is 17.8 Å². The first-order valence-electron chi connectivity index (χ1n) is 4.56. The number of alkyl halides is 6. The SMILES string of the molecule is O=C([O-])CC(=O)On1nc(C(F)(F)F)cc1C(F)(F)F. The quantitative estimate of drug-likeness (QED) is 0.580. The van der Waals surface area contributed by atoms with Gasteiger partial charge in [-0.3, -0.25) is 0 Å². The van der Waals surface area contributed by atoms with Crippen molar-refractivity contribution in [2.45, 2.75) is 18.8 Å². The van der Waals surface area contributed by atoms with Crippen molar-refractivity contribution in [2.75, 3.05) is 0 Å². The molecule has 0 atom stereocenters. The minimum atomic E-state index is -5.29. The molecule has 0 N–H and O–H groups in total. The number of nitrogens with zero attached hydrogens (tertiary/aromatic N) is 2. The molecule has 0 aromatic carbocycles. The largest absolute Gasteiger partial charge is 0.550 e. The predicted molar refractivity (Wildman–Crippen MR) is 43.4 cm³/mol. The molecule has 0 aliphatic rings. The van der Waals surface area contributed by atoms with E-state index in [1.807, 2.05) is 0 Å². The highest BCUT2D eigenvalue weighted by molar-refractivity contribution is 5.89. The molecule has 0 unspecified atom stereocenters. The van der Waals surface area contributed by atoms with Crippen molar-refractivity contribution < 1.29 is 45.9 Å². The number of hydrogen-bond acceptors (Lipinski definition) is 5. The van der Waals surface area contributed by atoms with Gasteiger partial charge in [-0.2, -0.15) is 26.3 Å². The van der Waals surface area contributed by atoms with E-state index in [4.69, 9.17) is 0 Å². The molecule has 1 rings (SSSR count). The van der Waals surface area contributed by atoms with Crippen molar-refractivity contribution in [3.8, 4) is 0 Å². The Hall–Kier alpha value is -2.27. The summed E-state index contributed by atoms with van der Waals surface area (Å²) in [7, 11) is 0. The highest BCUT2D eigenvalue weighted by Gasteiger charge is 2.43. The lowest BCUT2D eigenvalue weighted by atomic mass is 10.3. The molecule has 0 bridgehead atoms. The van der Waals surface area contributed by atoms with Crippen LogP contribution in [0.3, 0.4) is 0 Å². The third-order valence-electron chi connectivity index (χ3n) is 1.74. The van der Waals surface area contributed by atoms with E-state index in [0.29, 0.717) is 0 Å². The first kappa shape index (κ1) is 15.8. The molecule has 1 heterocycles. The van der Waals surface area contributed by atoms with Gasteiger partial charge in [0.25, 0.3) is 0 Å². The lowest BCUT2D eigenvalue weighted by molar-refractivity contribution is -0.305. The van der Waals surface area contributed by atoms with Gasteiger partial charge in [-0.05, 0) is 0 Å². The third-order valence-corrected chi connectivity index (χ3v) is 1.74. The molecule has 0 aliphatic carbocycles. The summed E-state index contributed by atoms with van der Waals surface area (Å²) >= 11 is 0. The van der Waals surface area contributed by atoms with Crippen LogP contribution in [0.25, 0.3) is 0 Å². The Morgan fingerprint density at radius 3 is 2.15 bits per heavy atom. The smallest absolute Gasteiger partial charge is 0.436 e. The second-order valence-corrected chi connectivity index (χ2v) is 3.30. The summed E-state index contributed by atoms with van der Waals surface area (Å²) in [5, 5.41) is 12.4. The van der Waals surface area contributed by atoms with Crippen LogP contribution in [0.15, 0.2) is 6.07 Å². The molecule has 0 spiro atoms. The number of aromatic nitrogens is 2. The van der Waals surface area contributed by atoms with Gasteiger partial charge >= 0.3 is 18.3 Å². The molecule has 1 aromatic rings. The standard InChI is InChI=1S/C8H4F6N2O4/c9-7(10,11)3-1-4(8(12,13)14)16(15-3)20-6(19)2-5(17)18/h1H,2H2,(H,17,18)/p-1. The Bertz CT molecular complexity index is 532. The maximum absolute atomic E-state index is 12.4. The minimum absolute atomic E-state index is 0.383. The number of hydrogen-bond donors (Lipinski definition) is 0. The molecule has 0 radical (unpaired) electrons. The number of carboxylic acids is 1. The van der Waals surface area contributed by atoms with Crippen LogP contribution in [0.5, 0.6) is 0 Å². The van der Waals surface area contributed by atoms with Gasteiger partial charge in [-0.1, -0.05) is 4.85 Å². The number of halogens is 6. The van der Waals surface area contributed by atoms with Gasteiger partial charge in [0.05, 0.1) is 12.4 Å². The fourth-order valence-corrected chi connectivity index (χ4v) is 1.01. The van der Waals surface area contributed by atoms with Crippen LogP contribution < -0.4 is 9.94 Å². The summed E-state index contributed by atoms with van der Waals surface area (Å²) in [5.74, 6) is -3.75. The normalized spacial score (nSPS) is 12.3. The first-order chi connectivity index (χ1) is 8.91. The van der Waals surface area contributed by atoms with Crippen LogP contribution >= 0.6 is 0 Å². The first-order valence-corrected chi connectivity index (χ1v) is 4.56. The lowest BCUT2D eigenvalue weighted by Crippen LogP contribution is -2.32. The topological polar surface area (TPSA) is 84.2 Å². The molecule has 12 heteroatoms. The van der Waals surface area contributed by atoms with E-state index in [9.17, 15) is 41.0 Å². The van der Waals surface area contributed by atoms with Gasteiger partial charge in [-0.25, -0.2) is 4.79 Å². The van der Waals surface area contributed by atoms with Crippen molar-refractivity contribution >= 4 is 11.9 Å². The van der Waals surface area contributed by atoms with E-state index in [2.05, 4.69) is 9.94 Å². The van der Waals surface area contributed by atoms with Crippen molar-refractivity contribution in [3.63, 3.8) is 0 Å². The number of carbonyl (C=O) groups is 2. The Kier molecular flexibility index (Phi) is 3.96.